The zero-order valence-electron chi connectivity index (χ0n) is 12.0. The monoisotopic (exact) mass is 319 g/mol. The third kappa shape index (κ3) is 3.68. The Balaban J connectivity index is 2.51. The van der Waals surface area contributed by atoms with Crippen LogP contribution in [0.5, 0.6) is 0 Å². The summed E-state index contributed by atoms with van der Waals surface area (Å²) >= 11 is 0. The lowest BCUT2D eigenvalue weighted by Gasteiger charge is -2.07. The highest BCUT2D eigenvalue weighted by Crippen LogP contribution is 2.20. The summed E-state index contributed by atoms with van der Waals surface area (Å²) in [6, 6.07) is 14.3. The van der Waals surface area contributed by atoms with Crippen molar-refractivity contribution in [3.63, 3.8) is 0 Å². The van der Waals surface area contributed by atoms with Gasteiger partial charge in [0.2, 0.25) is 0 Å². The lowest BCUT2D eigenvalue weighted by atomic mass is 10.2. The zero-order chi connectivity index (χ0) is 15.5. The van der Waals surface area contributed by atoms with Gasteiger partial charge >= 0.3 is 0 Å². The molecule has 0 aliphatic heterocycles. The Morgan fingerprint density at radius 2 is 1.67 bits per heavy atom. The first-order chi connectivity index (χ1) is 9.94. The van der Waals surface area contributed by atoms with Gasteiger partial charge in [-0.25, -0.2) is 0 Å². The third-order valence-corrected chi connectivity index (χ3v) is 6.49. The number of nitrogens with zero attached hydrogens (tertiary/aromatic N) is 1. The second-order valence-electron chi connectivity index (χ2n) is 4.61. The van der Waals surface area contributed by atoms with Gasteiger partial charge in [0.15, 0.2) is 0 Å². The molecule has 0 saturated carbocycles. The van der Waals surface area contributed by atoms with Crippen molar-refractivity contribution in [2.75, 3.05) is 0 Å². The number of rotatable bonds is 4. The van der Waals surface area contributed by atoms with Gasteiger partial charge in [0.25, 0.3) is 10.0 Å². The molecule has 0 spiro atoms. The summed E-state index contributed by atoms with van der Waals surface area (Å²) in [5, 5.41) is 1.58. The Labute approximate surface area is 128 Å². The molecule has 0 heterocycles. The lowest BCUT2D eigenvalue weighted by molar-refractivity contribution is 0.598. The van der Waals surface area contributed by atoms with Crippen LogP contribution >= 0.6 is 0 Å². The van der Waals surface area contributed by atoms with Crippen LogP contribution in [-0.4, -0.2) is 8.42 Å². The average Bonchev–Trinajstić information content (AvgIpc) is 2.46. The molecule has 2 aromatic rings. The Bertz CT molecular complexity index is 791. The summed E-state index contributed by atoms with van der Waals surface area (Å²) in [4.78, 5) is 1.09. The number of hydrogen-bond donors (Lipinski definition) is 0. The van der Waals surface area contributed by atoms with Crippen LogP contribution in [0.2, 0.25) is 0 Å². The standard InChI is InChI=1S/C16H17NO2S2/c1-4-20(16-8-6-5-7-14(16)3)17-21(18,19)15-11-9-13(2)10-12-15/h4-12H,1H2,2-3H3. The van der Waals surface area contributed by atoms with Crippen molar-refractivity contribution in [2.24, 2.45) is 3.77 Å². The van der Waals surface area contributed by atoms with E-state index in [0.717, 1.165) is 16.0 Å². The molecule has 2 rings (SSSR count). The summed E-state index contributed by atoms with van der Waals surface area (Å²) in [5.74, 6) is 0. The Kier molecular flexibility index (Phi) is 4.75. The second kappa shape index (κ2) is 6.37. The average molecular weight is 319 g/mol. The van der Waals surface area contributed by atoms with Gasteiger partial charge in [-0.3, -0.25) is 0 Å². The summed E-state index contributed by atoms with van der Waals surface area (Å²) in [6.07, 6.45) is 0. The molecular weight excluding hydrogens is 302 g/mol. The molecule has 0 saturated heterocycles. The van der Waals surface area contributed by atoms with E-state index < -0.39 is 20.7 Å². The molecule has 0 bridgehead atoms. The summed E-state index contributed by atoms with van der Waals surface area (Å²) in [6.45, 7) is 7.57. The summed E-state index contributed by atoms with van der Waals surface area (Å²) in [7, 11) is -4.57. The molecule has 5 heteroatoms. The molecule has 0 radical (unpaired) electrons. The fourth-order valence-corrected chi connectivity index (χ4v) is 4.84. The van der Waals surface area contributed by atoms with E-state index >= 15 is 0 Å². The van der Waals surface area contributed by atoms with E-state index in [4.69, 9.17) is 0 Å². The van der Waals surface area contributed by atoms with E-state index in [9.17, 15) is 8.42 Å². The van der Waals surface area contributed by atoms with Crippen molar-refractivity contribution >= 4 is 20.7 Å². The van der Waals surface area contributed by atoms with E-state index in [-0.39, 0.29) is 4.90 Å². The van der Waals surface area contributed by atoms with Gasteiger partial charge in [0.1, 0.15) is 0 Å². The Morgan fingerprint density at radius 1 is 1.05 bits per heavy atom. The van der Waals surface area contributed by atoms with Crippen LogP contribution in [0.1, 0.15) is 11.1 Å². The Hall–Kier alpha value is -1.72. The molecule has 3 nitrogen and oxygen atoms in total. The van der Waals surface area contributed by atoms with Gasteiger partial charge in [0.05, 0.1) is 4.90 Å². The minimum Gasteiger partial charge on any atom is -0.199 e. The lowest BCUT2D eigenvalue weighted by Crippen LogP contribution is -2.00. The molecule has 1 atom stereocenters. The minimum absolute atomic E-state index is 0.209. The molecule has 0 N–H and O–H groups in total. The minimum atomic E-state index is -3.69. The van der Waals surface area contributed by atoms with Crippen molar-refractivity contribution in [1.29, 1.82) is 0 Å². The molecule has 110 valence electrons. The van der Waals surface area contributed by atoms with Gasteiger partial charge in [-0.05, 0) is 53.7 Å². The summed E-state index contributed by atoms with van der Waals surface area (Å²) in [5.41, 5.74) is 2.01. The molecule has 0 aliphatic carbocycles. The molecule has 21 heavy (non-hydrogen) atoms. The SMILES string of the molecule is C=CS(=NS(=O)(=O)c1ccc(C)cc1)c1ccccc1C. The molecular formula is C16H17NO2S2. The van der Waals surface area contributed by atoms with Gasteiger partial charge in [-0.2, -0.15) is 8.42 Å². The topological polar surface area (TPSA) is 46.5 Å². The number of aryl methyl sites for hydroxylation is 2. The van der Waals surface area contributed by atoms with Crippen LogP contribution in [0.25, 0.3) is 0 Å². The van der Waals surface area contributed by atoms with E-state index in [2.05, 4.69) is 10.3 Å². The second-order valence-corrected chi connectivity index (χ2v) is 8.03. The maximum atomic E-state index is 12.4. The first kappa shape index (κ1) is 15.7. The van der Waals surface area contributed by atoms with Crippen molar-refractivity contribution < 1.29 is 8.42 Å². The van der Waals surface area contributed by atoms with Gasteiger partial charge in [-0.1, -0.05) is 42.5 Å². The van der Waals surface area contributed by atoms with E-state index in [1.807, 2.05) is 38.1 Å². The van der Waals surface area contributed by atoms with E-state index in [1.54, 1.807) is 29.7 Å². The molecule has 0 aliphatic rings. The fraction of sp³-hybridized carbons (Fsp3) is 0.125. The van der Waals surface area contributed by atoms with Crippen molar-refractivity contribution in [3.8, 4) is 0 Å². The third-order valence-electron chi connectivity index (χ3n) is 2.97. The van der Waals surface area contributed by atoms with Gasteiger partial charge in [0, 0.05) is 4.90 Å². The van der Waals surface area contributed by atoms with Crippen LogP contribution in [0, 0.1) is 13.8 Å². The quantitative estimate of drug-likeness (QED) is 0.855. The normalized spacial score (nSPS) is 13.0. The van der Waals surface area contributed by atoms with Crippen molar-refractivity contribution in [2.45, 2.75) is 23.6 Å². The molecule has 0 amide bonds. The summed E-state index contributed by atoms with van der Waals surface area (Å²) < 4.78 is 28.8. The Morgan fingerprint density at radius 3 is 2.24 bits per heavy atom. The van der Waals surface area contributed by atoms with Crippen LogP contribution in [0.3, 0.4) is 0 Å². The predicted molar refractivity (Wildman–Crippen MR) is 87.8 cm³/mol. The smallest absolute Gasteiger partial charge is 0.199 e. The van der Waals surface area contributed by atoms with Crippen molar-refractivity contribution in [1.82, 2.24) is 0 Å². The first-order valence-corrected chi connectivity index (χ1v) is 9.08. The van der Waals surface area contributed by atoms with Crippen molar-refractivity contribution in [3.05, 3.63) is 71.6 Å². The highest BCUT2D eigenvalue weighted by atomic mass is 32.3. The fourth-order valence-electron chi connectivity index (χ4n) is 1.81. The highest BCUT2D eigenvalue weighted by Gasteiger charge is 2.14. The molecule has 1 unspecified atom stereocenters. The van der Waals surface area contributed by atoms with E-state index in [1.165, 1.54) is 0 Å². The van der Waals surface area contributed by atoms with Crippen LogP contribution < -0.4 is 0 Å². The van der Waals surface area contributed by atoms with Crippen LogP contribution in [0.4, 0.5) is 0 Å². The van der Waals surface area contributed by atoms with Gasteiger partial charge in [-0.15, -0.1) is 3.77 Å². The van der Waals surface area contributed by atoms with Crippen LogP contribution in [-0.2, 0) is 20.7 Å². The van der Waals surface area contributed by atoms with Crippen LogP contribution in [0.15, 0.2) is 74.1 Å². The zero-order valence-corrected chi connectivity index (χ0v) is 13.6. The number of hydrogen-bond acceptors (Lipinski definition) is 2. The largest absolute Gasteiger partial charge is 0.288 e. The van der Waals surface area contributed by atoms with Gasteiger partial charge < -0.3 is 0 Å². The molecule has 0 fully saturated rings. The molecule has 2 aromatic carbocycles. The molecule has 0 aromatic heterocycles. The maximum Gasteiger partial charge on any atom is 0.288 e. The maximum absolute atomic E-state index is 12.4. The first-order valence-electron chi connectivity index (χ1n) is 6.40. The number of sulfonamides is 1. The van der Waals surface area contributed by atoms with E-state index in [0.29, 0.717) is 0 Å². The predicted octanol–water partition coefficient (Wildman–Crippen LogP) is 4.00. The number of benzene rings is 2. The highest BCUT2D eigenvalue weighted by molar-refractivity contribution is 8.01.